The lowest BCUT2D eigenvalue weighted by atomic mass is 10.1. The molecular weight excluding hydrogens is 356 g/mol. The lowest BCUT2D eigenvalue weighted by molar-refractivity contribution is -0.128. The Morgan fingerprint density at radius 3 is 2.69 bits per heavy atom. The van der Waals surface area contributed by atoms with E-state index in [1.807, 2.05) is 12.1 Å². The van der Waals surface area contributed by atoms with Crippen LogP contribution in [0.1, 0.15) is 6.92 Å². The average Bonchev–Trinajstić information content (AvgIpc) is 3.15. The smallest absolute Gasteiger partial charge is 0.269 e. The molecule has 1 amide bonds. The molecule has 132 valence electrons. The van der Waals surface area contributed by atoms with Crippen molar-refractivity contribution in [1.29, 1.82) is 0 Å². The highest BCUT2D eigenvalue weighted by atomic mass is 35.5. The average molecular weight is 371 g/mol. The fourth-order valence-electron chi connectivity index (χ4n) is 2.75. The number of fused-ring (bicyclic) bond motifs is 1. The fraction of sp³-hybridized carbons (Fsp3) is 0.167. The minimum atomic E-state index is -0.799. The Hall–Kier alpha value is -3.06. The normalized spacial score (nSPS) is 18.4. The molecule has 2 unspecified atom stereocenters. The van der Waals surface area contributed by atoms with Crippen LogP contribution >= 0.6 is 11.6 Å². The van der Waals surface area contributed by atoms with E-state index in [2.05, 4.69) is 15.4 Å². The first kappa shape index (κ1) is 16.4. The Bertz CT molecular complexity index is 945. The number of anilines is 1. The van der Waals surface area contributed by atoms with Crippen molar-refractivity contribution in [3.05, 3.63) is 60.1 Å². The Morgan fingerprint density at radius 1 is 1.19 bits per heavy atom. The van der Waals surface area contributed by atoms with Gasteiger partial charge < -0.3 is 14.8 Å². The Balaban J connectivity index is 1.60. The van der Waals surface area contributed by atoms with Crippen LogP contribution in [0.4, 0.5) is 5.69 Å². The number of aromatic nitrogens is 3. The first-order valence-corrected chi connectivity index (χ1v) is 8.37. The van der Waals surface area contributed by atoms with Gasteiger partial charge in [0.15, 0.2) is 11.5 Å². The summed E-state index contributed by atoms with van der Waals surface area (Å²) < 4.78 is 13.2. The monoisotopic (exact) mass is 370 g/mol. The number of ether oxygens (including phenoxy) is 2. The maximum Gasteiger partial charge on any atom is 0.269 e. The van der Waals surface area contributed by atoms with Crippen molar-refractivity contribution in [1.82, 2.24) is 14.8 Å². The molecule has 1 N–H and O–H groups in total. The third-order valence-electron chi connectivity index (χ3n) is 3.98. The summed E-state index contributed by atoms with van der Waals surface area (Å²) in [6.45, 7) is 1.79. The largest absolute Gasteiger partial charge is 0.482 e. The molecule has 2 atom stereocenters. The predicted molar refractivity (Wildman–Crippen MR) is 95.9 cm³/mol. The van der Waals surface area contributed by atoms with E-state index < -0.39 is 12.2 Å². The van der Waals surface area contributed by atoms with Gasteiger partial charge in [-0.1, -0.05) is 23.7 Å². The molecular formula is C18H15ClN4O3. The summed E-state index contributed by atoms with van der Waals surface area (Å²) >= 11 is 6.09. The molecule has 0 saturated heterocycles. The van der Waals surface area contributed by atoms with Crippen LogP contribution in [0.15, 0.2) is 55.1 Å². The zero-order valence-corrected chi connectivity index (χ0v) is 14.6. The van der Waals surface area contributed by atoms with Gasteiger partial charge in [0.2, 0.25) is 6.10 Å². The quantitative estimate of drug-likeness (QED) is 0.766. The number of benzene rings is 2. The van der Waals surface area contributed by atoms with Crippen LogP contribution in [0.3, 0.4) is 0 Å². The third kappa shape index (κ3) is 3.09. The SMILES string of the molecule is CC1Oc2ccccc2OC1C(=O)Nc1cc(Cl)ccc1-n1cncn1. The molecule has 0 fully saturated rings. The molecule has 7 nitrogen and oxygen atoms in total. The number of rotatable bonds is 3. The second-order valence-electron chi connectivity index (χ2n) is 5.80. The first-order valence-electron chi connectivity index (χ1n) is 7.99. The van der Waals surface area contributed by atoms with Gasteiger partial charge in [0, 0.05) is 5.02 Å². The highest BCUT2D eigenvalue weighted by Gasteiger charge is 2.34. The van der Waals surface area contributed by atoms with Crippen molar-refractivity contribution in [3.63, 3.8) is 0 Å². The van der Waals surface area contributed by atoms with Crippen molar-refractivity contribution in [2.45, 2.75) is 19.1 Å². The molecule has 1 aliphatic rings. The minimum Gasteiger partial charge on any atom is -0.482 e. The van der Waals surface area contributed by atoms with Crippen molar-refractivity contribution >= 4 is 23.2 Å². The summed E-state index contributed by atoms with van der Waals surface area (Å²) in [6.07, 6.45) is 1.71. The lowest BCUT2D eigenvalue weighted by Crippen LogP contribution is -2.46. The zero-order chi connectivity index (χ0) is 18.1. The van der Waals surface area contributed by atoms with E-state index in [0.717, 1.165) is 0 Å². The van der Waals surface area contributed by atoms with Crippen LogP contribution in [0.25, 0.3) is 5.69 Å². The number of carbonyl (C=O) groups is 1. The van der Waals surface area contributed by atoms with Gasteiger partial charge in [-0.2, -0.15) is 5.10 Å². The highest BCUT2D eigenvalue weighted by molar-refractivity contribution is 6.31. The second-order valence-corrected chi connectivity index (χ2v) is 6.24. The zero-order valence-electron chi connectivity index (χ0n) is 13.8. The van der Waals surface area contributed by atoms with Crippen LogP contribution in [0.2, 0.25) is 5.02 Å². The van der Waals surface area contributed by atoms with Gasteiger partial charge in [-0.25, -0.2) is 9.67 Å². The van der Waals surface area contributed by atoms with E-state index in [1.54, 1.807) is 41.9 Å². The molecule has 2 heterocycles. The minimum absolute atomic E-state index is 0.337. The summed E-state index contributed by atoms with van der Waals surface area (Å²) in [4.78, 5) is 16.7. The summed E-state index contributed by atoms with van der Waals surface area (Å²) in [5, 5.41) is 7.44. The number of nitrogens with one attached hydrogen (secondary N) is 1. The number of nitrogens with zero attached hydrogens (tertiary/aromatic N) is 3. The number of hydrogen-bond acceptors (Lipinski definition) is 5. The molecule has 0 aliphatic carbocycles. The van der Waals surface area contributed by atoms with Crippen molar-refractivity contribution in [3.8, 4) is 17.2 Å². The predicted octanol–water partition coefficient (Wildman–Crippen LogP) is 3.09. The molecule has 3 aromatic rings. The molecule has 2 aromatic carbocycles. The molecule has 0 bridgehead atoms. The number of amides is 1. The van der Waals surface area contributed by atoms with Crippen LogP contribution in [0.5, 0.6) is 11.5 Å². The van der Waals surface area contributed by atoms with E-state index in [0.29, 0.717) is 27.9 Å². The number of hydrogen-bond donors (Lipinski definition) is 1. The van der Waals surface area contributed by atoms with Crippen molar-refractivity contribution < 1.29 is 14.3 Å². The Morgan fingerprint density at radius 2 is 1.96 bits per heavy atom. The standard InChI is InChI=1S/C18H15ClN4O3/c1-11-17(26-16-5-3-2-4-15(16)25-11)18(24)22-13-8-12(19)6-7-14(13)23-10-20-9-21-23/h2-11,17H,1H3,(H,22,24). The Kier molecular flexibility index (Phi) is 4.22. The molecule has 0 radical (unpaired) electrons. The number of carbonyl (C=O) groups excluding carboxylic acids is 1. The van der Waals surface area contributed by atoms with Crippen LogP contribution < -0.4 is 14.8 Å². The Labute approximate surface area is 154 Å². The van der Waals surface area contributed by atoms with Gasteiger partial charge >= 0.3 is 0 Å². The summed E-state index contributed by atoms with van der Waals surface area (Å²) in [6, 6.07) is 12.4. The topological polar surface area (TPSA) is 78.3 Å². The molecule has 4 rings (SSSR count). The molecule has 26 heavy (non-hydrogen) atoms. The number of para-hydroxylation sites is 2. The van der Waals surface area contributed by atoms with Gasteiger partial charge in [0.25, 0.3) is 5.91 Å². The maximum atomic E-state index is 12.8. The van der Waals surface area contributed by atoms with Crippen molar-refractivity contribution in [2.24, 2.45) is 0 Å². The van der Waals surface area contributed by atoms with E-state index in [1.165, 1.54) is 12.7 Å². The number of halogens is 1. The molecule has 8 heteroatoms. The van der Waals surface area contributed by atoms with Gasteiger partial charge in [0.05, 0.1) is 11.4 Å². The third-order valence-corrected chi connectivity index (χ3v) is 4.22. The van der Waals surface area contributed by atoms with Crippen LogP contribution in [-0.4, -0.2) is 32.9 Å². The van der Waals surface area contributed by atoms with E-state index in [4.69, 9.17) is 21.1 Å². The highest BCUT2D eigenvalue weighted by Crippen LogP contribution is 2.34. The van der Waals surface area contributed by atoms with Gasteiger partial charge in [0.1, 0.15) is 18.8 Å². The first-order chi connectivity index (χ1) is 12.6. The van der Waals surface area contributed by atoms with E-state index in [9.17, 15) is 4.79 Å². The van der Waals surface area contributed by atoms with Crippen LogP contribution in [-0.2, 0) is 4.79 Å². The summed E-state index contributed by atoms with van der Waals surface area (Å²) in [5.74, 6) is 0.819. The van der Waals surface area contributed by atoms with Gasteiger partial charge in [-0.3, -0.25) is 4.79 Å². The molecule has 0 saturated carbocycles. The summed E-state index contributed by atoms with van der Waals surface area (Å²) in [7, 11) is 0. The second kappa shape index (κ2) is 6.68. The van der Waals surface area contributed by atoms with Crippen molar-refractivity contribution in [2.75, 3.05) is 5.32 Å². The van der Waals surface area contributed by atoms with E-state index >= 15 is 0 Å². The lowest BCUT2D eigenvalue weighted by Gasteiger charge is -2.31. The van der Waals surface area contributed by atoms with E-state index in [-0.39, 0.29) is 5.91 Å². The molecule has 1 aliphatic heterocycles. The van der Waals surface area contributed by atoms with Crippen LogP contribution in [0, 0.1) is 0 Å². The fourth-order valence-corrected chi connectivity index (χ4v) is 2.92. The maximum absolute atomic E-state index is 12.8. The molecule has 1 aromatic heterocycles. The van der Waals surface area contributed by atoms with Gasteiger partial charge in [-0.15, -0.1) is 0 Å². The summed E-state index contributed by atoms with van der Waals surface area (Å²) in [5.41, 5.74) is 1.15. The van der Waals surface area contributed by atoms with Gasteiger partial charge in [-0.05, 0) is 37.3 Å². The molecule has 0 spiro atoms.